The van der Waals surface area contributed by atoms with Crippen LogP contribution in [-0.2, 0) is 0 Å². The molecule has 1 amide bonds. The van der Waals surface area contributed by atoms with Gasteiger partial charge in [-0.1, -0.05) is 20.8 Å². The molecule has 3 rings (SSSR count). The van der Waals surface area contributed by atoms with Crippen LogP contribution >= 0.6 is 0 Å². The van der Waals surface area contributed by atoms with Gasteiger partial charge in [0.25, 0.3) is 5.91 Å². The average Bonchev–Trinajstić information content (AvgIpc) is 3.05. The number of hydrogen-bond donors (Lipinski definition) is 1. The Labute approximate surface area is 152 Å². The lowest BCUT2D eigenvalue weighted by Crippen LogP contribution is -2.14. The monoisotopic (exact) mass is 353 g/mol. The molecule has 0 aliphatic carbocycles. The summed E-state index contributed by atoms with van der Waals surface area (Å²) in [5.41, 5.74) is 1.91. The third-order valence-electron chi connectivity index (χ3n) is 4.10. The van der Waals surface area contributed by atoms with Crippen molar-refractivity contribution < 1.29 is 9.53 Å². The molecular formula is C19H23N5O2. The Balaban J connectivity index is 1.80. The highest BCUT2D eigenvalue weighted by molar-refractivity contribution is 6.04. The van der Waals surface area contributed by atoms with E-state index < -0.39 is 0 Å². The van der Waals surface area contributed by atoms with E-state index in [4.69, 9.17) is 4.74 Å². The van der Waals surface area contributed by atoms with E-state index in [1.165, 1.54) is 0 Å². The molecule has 3 aromatic heterocycles. The maximum Gasteiger partial charge on any atom is 0.255 e. The van der Waals surface area contributed by atoms with Crippen LogP contribution in [0, 0.1) is 0 Å². The van der Waals surface area contributed by atoms with Crippen molar-refractivity contribution in [2.75, 3.05) is 5.32 Å². The molecule has 1 N–H and O–H groups in total. The maximum absolute atomic E-state index is 12.6. The summed E-state index contributed by atoms with van der Waals surface area (Å²) in [7, 11) is 0. The summed E-state index contributed by atoms with van der Waals surface area (Å²) < 4.78 is 7.58. The first-order valence-corrected chi connectivity index (χ1v) is 8.76. The molecule has 26 heavy (non-hydrogen) atoms. The molecule has 0 spiro atoms. The summed E-state index contributed by atoms with van der Waals surface area (Å²) >= 11 is 0. The van der Waals surface area contributed by atoms with Gasteiger partial charge in [0, 0.05) is 29.9 Å². The minimum Gasteiger partial charge on any atom is -0.475 e. The topological polar surface area (TPSA) is 81.4 Å². The quantitative estimate of drug-likeness (QED) is 0.731. The Morgan fingerprint density at radius 1 is 1.23 bits per heavy atom. The molecule has 1 atom stereocenters. The predicted molar refractivity (Wildman–Crippen MR) is 99.6 cm³/mol. The molecule has 1 unspecified atom stereocenters. The SMILES string of the molecule is CCC(C)Oc1cc(C(=O)Nc2ccc3nnc(C(C)C)n3c2)ccn1. The molecule has 0 radical (unpaired) electrons. The van der Waals surface area contributed by atoms with E-state index in [-0.39, 0.29) is 17.9 Å². The fourth-order valence-electron chi connectivity index (χ4n) is 2.48. The second kappa shape index (κ2) is 7.51. The highest BCUT2D eigenvalue weighted by atomic mass is 16.5. The van der Waals surface area contributed by atoms with Gasteiger partial charge in [-0.25, -0.2) is 4.98 Å². The Bertz CT molecular complexity index is 919. The van der Waals surface area contributed by atoms with E-state index in [1.54, 1.807) is 18.3 Å². The van der Waals surface area contributed by atoms with E-state index in [0.29, 0.717) is 17.1 Å². The van der Waals surface area contributed by atoms with Crippen molar-refractivity contribution >= 4 is 17.2 Å². The van der Waals surface area contributed by atoms with Crippen LogP contribution < -0.4 is 10.1 Å². The number of hydrogen-bond acceptors (Lipinski definition) is 5. The van der Waals surface area contributed by atoms with Gasteiger partial charge < -0.3 is 10.1 Å². The zero-order chi connectivity index (χ0) is 18.7. The van der Waals surface area contributed by atoms with Crippen LogP contribution in [0.4, 0.5) is 5.69 Å². The van der Waals surface area contributed by atoms with Crippen LogP contribution in [0.15, 0.2) is 36.7 Å². The lowest BCUT2D eigenvalue weighted by Gasteiger charge is -2.12. The van der Waals surface area contributed by atoms with Gasteiger partial charge in [0.15, 0.2) is 5.65 Å². The molecule has 0 saturated carbocycles. The Morgan fingerprint density at radius 2 is 2.04 bits per heavy atom. The molecule has 3 aromatic rings. The van der Waals surface area contributed by atoms with Gasteiger partial charge >= 0.3 is 0 Å². The van der Waals surface area contributed by atoms with Crippen molar-refractivity contribution in [1.82, 2.24) is 19.6 Å². The van der Waals surface area contributed by atoms with Crippen molar-refractivity contribution in [1.29, 1.82) is 0 Å². The number of pyridine rings is 2. The van der Waals surface area contributed by atoms with E-state index in [2.05, 4.69) is 34.3 Å². The molecular weight excluding hydrogens is 330 g/mol. The number of ether oxygens (including phenoxy) is 1. The second-order valence-electron chi connectivity index (χ2n) is 6.53. The van der Waals surface area contributed by atoms with Gasteiger partial charge in [-0.3, -0.25) is 9.20 Å². The third kappa shape index (κ3) is 3.82. The normalized spacial score (nSPS) is 12.3. The van der Waals surface area contributed by atoms with Crippen LogP contribution in [0.5, 0.6) is 5.88 Å². The summed E-state index contributed by atoms with van der Waals surface area (Å²) in [6.45, 7) is 8.11. The zero-order valence-corrected chi connectivity index (χ0v) is 15.4. The molecule has 0 bridgehead atoms. The molecule has 0 aliphatic heterocycles. The average molecular weight is 353 g/mol. The summed E-state index contributed by atoms with van der Waals surface area (Å²) in [6, 6.07) is 6.95. The number of rotatable bonds is 6. The zero-order valence-electron chi connectivity index (χ0n) is 15.4. The Hall–Kier alpha value is -2.96. The van der Waals surface area contributed by atoms with E-state index in [1.807, 2.05) is 36.6 Å². The highest BCUT2D eigenvalue weighted by Gasteiger charge is 2.12. The minimum absolute atomic E-state index is 0.0476. The van der Waals surface area contributed by atoms with Crippen LogP contribution in [0.3, 0.4) is 0 Å². The van der Waals surface area contributed by atoms with Crippen LogP contribution in [0.25, 0.3) is 5.65 Å². The van der Waals surface area contributed by atoms with Gasteiger partial charge in [0.1, 0.15) is 5.82 Å². The predicted octanol–water partition coefficient (Wildman–Crippen LogP) is 3.68. The van der Waals surface area contributed by atoms with Crippen LogP contribution in [0.2, 0.25) is 0 Å². The van der Waals surface area contributed by atoms with E-state index in [9.17, 15) is 4.79 Å². The Kier molecular flexibility index (Phi) is 5.16. The van der Waals surface area contributed by atoms with Crippen molar-refractivity contribution in [3.05, 3.63) is 48.0 Å². The van der Waals surface area contributed by atoms with Crippen molar-refractivity contribution in [3.8, 4) is 5.88 Å². The van der Waals surface area contributed by atoms with Gasteiger partial charge in [0.2, 0.25) is 5.88 Å². The number of carbonyl (C=O) groups is 1. The molecule has 0 aromatic carbocycles. The van der Waals surface area contributed by atoms with Crippen LogP contribution in [-0.4, -0.2) is 31.6 Å². The van der Waals surface area contributed by atoms with Crippen molar-refractivity contribution in [2.24, 2.45) is 0 Å². The van der Waals surface area contributed by atoms with E-state index >= 15 is 0 Å². The number of nitrogens with one attached hydrogen (secondary N) is 1. The van der Waals surface area contributed by atoms with Gasteiger partial charge in [-0.15, -0.1) is 10.2 Å². The van der Waals surface area contributed by atoms with Crippen molar-refractivity contribution in [3.63, 3.8) is 0 Å². The molecule has 136 valence electrons. The number of anilines is 1. The number of amides is 1. The lowest BCUT2D eigenvalue weighted by atomic mass is 10.2. The molecule has 0 aliphatic rings. The lowest BCUT2D eigenvalue weighted by molar-refractivity contribution is 0.102. The molecule has 3 heterocycles. The van der Waals surface area contributed by atoms with E-state index in [0.717, 1.165) is 17.9 Å². The number of fused-ring (bicyclic) bond motifs is 1. The fourth-order valence-corrected chi connectivity index (χ4v) is 2.48. The summed E-state index contributed by atoms with van der Waals surface area (Å²) in [4.78, 5) is 16.7. The molecule has 0 saturated heterocycles. The standard InChI is InChI=1S/C19H23N5O2/c1-5-13(4)26-17-10-14(8-9-20-17)19(25)21-15-6-7-16-22-23-18(12(2)3)24(16)11-15/h6-13H,5H2,1-4H3,(H,21,25). The molecule has 0 fully saturated rings. The smallest absolute Gasteiger partial charge is 0.255 e. The van der Waals surface area contributed by atoms with Gasteiger partial charge in [-0.2, -0.15) is 0 Å². The molecule has 7 nitrogen and oxygen atoms in total. The van der Waals surface area contributed by atoms with Crippen LogP contribution in [0.1, 0.15) is 56.2 Å². The second-order valence-corrected chi connectivity index (χ2v) is 6.53. The fraction of sp³-hybridized carbons (Fsp3) is 0.368. The Morgan fingerprint density at radius 3 is 2.77 bits per heavy atom. The first kappa shape index (κ1) is 17.8. The van der Waals surface area contributed by atoms with Gasteiger partial charge in [0.05, 0.1) is 11.8 Å². The first-order chi connectivity index (χ1) is 12.5. The van der Waals surface area contributed by atoms with Gasteiger partial charge in [-0.05, 0) is 31.5 Å². The number of nitrogens with zero attached hydrogens (tertiary/aromatic N) is 4. The number of carbonyl (C=O) groups excluding carboxylic acids is 1. The number of aromatic nitrogens is 4. The summed E-state index contributed by atoms with van der Waals surface area (Å²) in [5.74, 6) is 1.31. The summed E-state index contributed by atoms with van der Waals surface area (Å²) in [6.07, 6.45) is 4.33. The van der Waals surface area contributed by atoms with Crippen molar-refractivity contribution in [2.45, 2.75) is 46.1 Å². The first-order valence-electron chi connectivity index (χ1n) is 8.76. The molecule has 7 heteroatoms. The third-order valence-corrected chi connectivity index (χ3v) is 4.10. The maximum atomic E-state index is 12.6. The highest BCUT2D eigenvalue weighted by Crippen LogP contribution is 2.18. The minimum atomic E-state index is -0.222. The largest absolute Gasteiger partial charge is 0.475 e. The summed E-state index contributed by atoms with van der Waals surface area (Å²) in [5, 5.41) is 11.2.